The van der Waals surface area contributed by atoms with Crippen molar-refractivity contribution in [3.63, 3.8) is 0 Å². The second kappa shape index (κ2) is 7.31. The molecular formula is C16H16N2O2S2. The third-order valence-corrected chi connectivity index (χ3v) is 5.00. The minimum Gasteiger partial charge on any atom is -0.266 e. The lowest BCUT2D eigenvalue weighted by molar-refractivity contribution is 0.590. The maximum absolute atomic E-state index is 12.9. The van der Waals surface area contributed by atoms with Gasteiger partial charge in [-0.1, -0.05) is 25.1 Å². The van der Waals surface area contributed by atoms with Gasteiger partial charge in [0.2, 0.25) is 0 Å². The van der Waals surface area contributed by atoms with Gasteiger partial charge in [0.05, 0.1) is 21.4 Å². The molecular weight excluding hydrogens is 316 g/mol. The van der Waals surface area contributed by atoms with Crippen LogP contribution in [0.25, 0.3) is 0 Å². The van der Waals surface area contributed by atoms with Crippen LogP contribution < -0.4 is 4.31 Å². The summed E-state index contributed by atoms with van der Waals surface area (Å²) in [6.45, 7) is 2.37. The SMILES string of the molecule is CCCN(c1ccccc1)S(=O)(=O)c1ccc(N=C=S)cc1. The first-order valence-electron chi connectivity index (χ1n) is 6.85. The molecule has 0 heterocycles. The summed E-state index contributed by atoms with van der Waals surface area (Å²) in [6.07, 6.45) is 0.724. The molecule has 0 amide bonds. The highest BCUT2D eigenvalue weighted by Gasteiger charge is 2.23. The number of anilines is 1. The number of sulfonamides is 1. The summed E-state index contributed by atoms with van der Waals surface area (Å²) in [4.78, 5) is 4.06. The Labute approximate surface area is 136 Å². The Bertz CT molecular complexity index is 766. The molecule has 0 saturated heterocycles. The lowest BCUT2D eigenvalue weighted by Gasteiger charge is -2.24. The number of nitrogens with zero attached hydrogens (tertiary/aromatic N) is 2. The molecule has 0 radical (unpaired) electrons. The first kappa shape index (κ1) is 16.4. The fourth-order valence-electron chi connectivity index (χ4n) is 2.06. The number of benzene rings is 2. The number of hydrogen-bond donors (Lipinski definition) is 0. The van der Waals surface area contributed by atoms with E-state index in [1.807, 2.05) is 25.1 Å². The minimum absolute atomic E-state index is 0.230. The molecule has 2 rings (SSSR count). The molecule has 0 N–H and O–H groups in total. The molecule has 0 aliphatic carbocycles. The van der Waals surface area contributed by atoms with Gasteiger partial charge in [0.1, 0.15) is 0 Å². The molecule has 114 valence electrons. The quantitative estimate of drug-likeness (QED) is 0.593. The van der Waals surface area contributed by atoms with E-state index in [9.17, 15) is 8.42 Å². The maximum atomic E-state index is 12.9. The summed E-state index contributed by atoms with van der Waals surface area (Å²) in [5, 5.41) is 2.26. The molecule has 0 aliphatic heterocycles. The summed E-state index contributed by atoms with van der Waals surface area (Å²) < 4.78 is 27.1. The highest BCUT2D eigenvalue weighted by molar-refractivity contribution is 7.92. The van der Waals surface area contributed by atoms with Crippen LogP contribution in [-0.2, 0) is 10.0 Å². The third-order valence-electron chi connectivity index (χ3n) is 3.07. The summed E-state index contributed by atoms with van der Waals surface area (Å²) in [5.74, 6) is 0. The molecule has 0 unspecified atom stereocenters. The second-order valence-electron chi connectivity index (χ2n) is 4.61. The summed E-state index contributed by atoms with van der Waals surface area (Å²) in [6, 6.07) is 15.4. The highest BCUT2D eigenvalue weighted by Crippen LogP contribution is 2.25. The zero-order valence-electron chi connectivity index (χ0n) is 12.1. The Balaban J connectivity index is 2.43. The van der Waals surface area contributed by atoms with Gasteiger partial charge in [-0.05, 0) is 55.0 Å². The van der Waals surface area contributed by atoms with Gasteiger partial charge in [0.15, 0.2) is 0 Å². The molecule has 0 saturated carbocycles. The number of hydrogen-bond acceptors (Lipinski definition) is 4. The Hall–Kier alpha value is -2.01. The molecule has 0 aliphatic rings. The number of para-hydroxylation sites is 1. The molecule has 2 aromatic carbocycles. The van der Waals surface area contributed by atoms with Gasteiger partial charge in [-0.25, -0.2) is 8.42 Å². The van der Waals surface area contributed by atoms with Gasteiger partial charge in [-0.2, -0.15) is 4.99 Å². The van der Waals surface area contributed by atoms with Crippen molar-refractivity contribution in [3.05, 3.63) is 54.6 Å². The van der Waals surface area contributed by atoms with E-state index in [2.05, 4.69) is 22.4 Å². The predicted molar refractivity (Wildman–Crippen MR) is 92.4 cm³/mol. The monoisotopic (exact) mass is 332 g/mol. The average Bonchev–Trinajstić information content (AvgIpc) is 2.54. The maximum Gasteiger partial charge on any atom is 0.264 e. The van der Waals surface area contributed by atoms with Gasteiger partial charge in [0.25, 0.3) is 10.0 Å². The van der Waals surface area contributed by atoms with E-state index >= 15 is 0 Å². The van der Waals surface area contributed by atoms with E-state index in [4.69, 9.17) is 0 Å². The van der Waals surface area contributed by atoms with Gasteiger partial charge in [0, 0.05) is 6.54 Å². The smallest absolute Gasteiger partial charge is 0.264 e. The van der Waals surface area contributed by atoms with Gasteiger partial charge < -0.3 is 0 Å². The summed E-state index contributed by atoms with van der Waals surface area (Å²) >= 11 is 4.54. The van der Waals surface area contributed by atoms with Crippen LogP contribution in [0.4, 0.5) is 11.4 Å². The topological polar surface area (TPSA) is 49.7 Å². The van der Waals surface area contributed by atoms with E-state index in [1.54, 1.807) is 24.3 Å². The normalized spacial score (nSPS) is 10.8. The molecule has 0 fully saturated rings. The van der Waals surface area contributed by atoms with Crippen LogP contribution in [0.1, 0.15) is 13.3 Å². The molecule has 22 heavy (non-hydrogen) atoms. The van der Waals surface area contributed by atoms with E-state index < -0.39 is 10.0 Å². The van der Waals surface area contributed by atoms with Crippen molar-refractivity contribution in [1.29, 1.82) is 0 Å². The van der Waals surface area contributed by atoms with Crippen LogP contribution in [0.5, 0.6) is 0 Å². The lowest BCUT2D eigenvalue weighted by atomic mass is 10.3. The van der Waals surface area contributed by atoms with E-state index in [0.29, 0.717) is 17.9 Å². The number of aliphatic imine (C=N–C) groups is 1. The molecule has 0 aromatic heterocycles. The average molecular weight is 332 g/mol. The minimum atomic E-state index is -3.60. The fourth-order valence-corrected chi connectivity index (χ4v) is 3.72. The number of rotatable bonds is 6. The highest BCUT2D eigenvalue weighted by atomic mass is 32.2. The van der Waals surface area contributed by atoms with Crippen LogP contribution in [0.15, 0.2) is 64.5 Å². The van der Waals surface area contributed by atoms with Gasteiger partial charge >= 0.3 is 0 Å². The third kappa shape index (κ3) is 3.60. The van der Waals surface area contributed by atoms with Crippen molar-refractivity contribution in [2.75, 3.05) is 10.8 Å². The van der Waals surface area contributed by atoms with Crippen molar-refractivity contribution in [2.45, 2.75) is 18.2 Å². The van der Waals surface area contributed by atoms with Crippen LogP contribution in [0.3, 0.4) is 0 Å². The largest absolute Gasteiger partial charge is 0.266 e. The molecule has 4 nitrogen and oxygen atoms in total. The molecule has 0 atom stereocenters. The van der Waals surface area contributed by atoms with Crippen LogP contribution in [0.2, 0.25) is 0 Å². The Morgan fingerprint density at radius 3 is 2.27 bits per heavy atom. The molecule has 0 bridgehead atoms. The zero-order chi connectivity index (χ0) is 16.0. The Kier molecular flexibility index (Phi) is 5.44. The summed E-state index contributed by atoms with van der Waals surface area (Å²) in [5.41, 5.74) is 1.24. The van der Waals surface area contributed by atoms with Gasteiger partial charge in [-0.15, -0.1) is 0 Å². The summed E-state index contributed by atoms with van der Waals surface area (Å²) in [7, 11) is -3.60. The van der Waals surface area contributed by atoms with E-state index in [1.165, 1.54) is 16.4 Å². The van der Waals surface area contributed by atoms with Crippen molar-refractivity contribution in [3.8, 4) is 0 Å². The van der Waals surface area contributed by atoms with E-state index in [-0.39, 0.29) is 4.90 Å². The molecule has 0 spiro atoms. The standard InChI is InChI=1S/C16H16N2O2S2/c1-2-12-18(15-6-4-3-5-7-15)22(19,20)16-10-8-14(9-11-16)17-13-21/h3-11H,2,12H2,1H3. The van der Waals surface area contributed by atoms with Crippen molar-refractivity contribution in [1.82, 2.24) is 0 Å². The Morgan fingerprint density at radius 1 is 1.09 bits per heavy atom. The first-order valence-corrected chi connectivity index (χ1v) is 8.70. The zero-order valence-corrected chi connectivity index (χ0v) is 13.8. The fraction of sp³-hybridized carbons (Fsp3) is 0.188. The lowest BCUT2D eigenvalue weighted by Crippen LogP contribution is -2.31. The molecule has 6 heteroatoms. The van der Waals surface area contributed by atoms with Crippen molar-refractivity contribution < 1.29 is 8.42 Å². The van der Waals surface area contributed by atoms with Crippen LogP contribution in [0, 0.1) is 0 Å². The van der Waals surface area contributed by atoms with Crippen molar-refractivity contribution in [2.24, 2.45) is 4.99 Å². The van der Waals surface area contributed by atoms with Crippen molar-refractivity contribution >= 4 is 38.8 Å². The number of thiocarbonyl (C=S) groups is 1. The predicted octanol–water partition coefficient (Wildman–Crippen LogP) is 4.03. The van der Waals surface area contributed by atoms with E-state index in [0.717, 1.165) is 6.42 Å². The van der Waals surface area contributed by atoms with Gasteiger partial charge in [-0.3, -0.25) is 4.31 Å². The Morgan fingerprint density at radius 2 is 1.73 bits per heavy atom. The first-order chi connectivity index (χ1) is 10.6. The molecule has 2 aromatic rings. The van der Waals surface area contributed by atoms with Crippen LogP contribution in [-0.4, -0.2) is 20.1 Å². The van der Waals surface area contributed by atoms with Crippen LogP contribution >= 0.6 is 12.2 Å². The second-order valence-corrected chi connectivity index (χ2v) is 6.65. The number of isothiocyanates is 1.